The van der Waals surface area contributed by atoms with Gasteiger partial charge < -0.3 is 15.0 Å². The van der Waals surface area contributed by atoms with Crippen molar-refractivity contribution in [3.05, 3.63) is 33.8 Å². The third-order valence-electron chi connectivity index (χ3n) is 3.23. The van der Waals surface area contributed by atoms with Gasteiger partial charge in [0.1, 0.15) is 6.04 Å². The molecule has 0 spiro atoms. The molecule has 20 heavy (non-hydrogen) atoms. The minimum atomic E-state index is -0.569. The quantitative estimate of drug-likeness (QED) is 0.883. The maximum atomic E-state index is 12.6. The first-order valence-corrected chi connectivity index (χ1v) is 7.19. The van der Waals surface area contributed by atoms with Gasteiger partial charge >= 0.3 is 0 Å². The highest BCUT2D eigenvalue weighted by atomic mass is 79.9. The van der Waals surface area contributed by atoms with Crippen molar-refractivity contribution in [3.63, 3.8) is 0 Å². The summed E-state index contributed by atoms with van der Waals surface area (Å²) in [5, 5.41) is 2.57. The van der Waals surface area contributed by atoms with Crippen molar-refractivity contribution >= 4 is 27.7 Å². The Bertz CT molecular complexity index is 513. The molecule has 0 radical (unpaired) electrons. The number of nitrogens with one attached hydrogen (secondary N) is 1. The summed E-state index contributed by atoms with van der Waals surface area (Å²) in [4.78, 5) is 26.0. The van der Waals surface area contributed by atoms with Gasteiger partial charge in [-0.15, -0.1) is 0 Å². The predicted octanol–water partition coefficient (Wildman–Crippen LogP) is 1.34. The minimum Gasteiger partial charge on any atom is -0.377 e. The Balaban J connectivity index is 2.27. The number of benzene rings is 1. The zero-order valence-corrected chi connectivity index (χ0v) is 13.1. The van der Waals surface area contributed by atoms with Gasteiger partial charge in [-0.3, -0.25) is 9.59 Å². The Morgan fingerprint density at radius 3 is 2.80 bits per heavy atom. The molecule has 1 fully saturated rings. The molecule has 1 N–H and O–H groups in total. The van der Waals surface area contributed by atoms with Crippen LogP contribution in [0, 0.1) is 6.92 Å². The fourth-order valence-corrected chi connectivity index (χ4v) is 2.86. The van der Waals surface area contributed by atoms with E-state index >= 15 is 0 Å². The summed E-state index contributed by atoms with van der Waals surface area (Å²) in [6.07, 6.45) is 0. The van der Waals surface area contributed by atoms with Crippen LogP contribution in [0.4, 0.5) is 0 Å². The van der Waals surface area contributed by atoms with Crippen LogP contribution >= 0.6 is 15.9 Å². The number of hydrogen-bond donors (Lipinski definition) is 1. The summed E-state index contributed by atoms with van der Waals surface area (Å²) in [6, 6.07) is 4.96. The Morgan fingerprint density at radius 2 is 2.15 bits per heavy atom. The second-order valence-electron chi connectivity index (χ2n) is 4.72. The smallest absolute Gasteiger partial charge is 0.254 e. The molecule has 0 aromatic heterocycles. The van der Waals surface area contributed by atoms with E-state index in [2.05, 4.69) is 21.2 Å². The topological polar surface area (TPSA) is 58.6 Å². The highest BCUT2D eigenvalue weighted by Gasteiger charge is 2.32. The first-order valence-electron chi connectivity index (χ1n) is 6.40. The number of carbonyl (C=O) groups excluding carboxylic acids is 2. The van der Waals surface area contributed by atoms with Crippen LogP contribution in [0.1, 0.15) is 15.9 Å². The Hall–Kier alpha value is -1.40. The summed E-state index contributed by atoms with van der Waals surface area (Å²) in [5.74, 6) is -0.351. The van der Waals surface area contributed by atoms with Crippen molar-refractivity contribution in [2.45, 2.75) is 13.0 Å². The molecule has 1 saturated heterocycles. The Labute approximate surface area is 126 Å². The van der Waals surface area contributed by atoms with E-state index in [0.717, 1.165) is 10.0 Å². The highest BCUT2D eigenvalue weighted by Crippen LogP contribution is 2.19. The van der Waals surface area contributed by atoms with E-state index in [4.69, 9.17) is 4.74 Å². The number of morpholine rings is 1. The van der Waals surface area contributed by atoms with Gasteiger partial charge in [0.2, 0.25) is 5.91 Å². The number of nitrogens with zero attached hydrogens (tertiary/aromatic N) is 1. The van der Waals surface area contributed by atoms with Crippen LogP contribution in [0.15, 0.2) is 22.7 Å². The standard InChI is InChI=1S/C14H17BrN2O3/c1-9-5-10(7-11(15)6-9)14(19)17-3-4-20-8-12(17)13(18)16-2/h5-7,12H,3-4,8H2,1-2H3,(H,16,18). The summed E-state index contributed by atoms with van der Waals surface area (Å²) in [7, 11) is 1.56. The normalized spacial score (nSPS) is 18.8. The number of hydrogen-bond acceptors (Lipinski definition) is 3. The lowest BCUT2D eigenvalue weighted by atomic mass is 10.1. The van der Waals surface area contributed by atoms with Crippen molar-refractivity contribution in [2.24, 2.45) is 0 Å². The second-order valence-corrected chi connectivity index (χ2v) is 5.64. The molecule has 0 aliphatic carbocycles. The molecule has 1 aromatic rings. The maximum Gasteiger partial charge on any atom is 0.254 e. The molecular formula is C14H17BrN2O3. The van der Waals surface area contributed by atoms with Crippen LogP contribution in [0.25, 0.3) is 0 Å². The van der Waals surface area contributed by atoms with Crippen molar-refractivity contribution in [3.8, 4) is 0 Å². The van der Waals surface area contributed by atoms with Gasteiger partial charge in [-0.25, -0.2) is 0 Å². The lowest BCUT2D eigenvalue weighted by Gasteiger charge is -2.34. The van der Waals surface area contributed by atoms with Crippen molar-refractivity contribution in [1.29, 1.82) is 0 Å². The number of likely N-dealkylation sites (N-methyl/N-ethyl adjacent to an activating group) is 1. The van der Waals surface area contributed by atoms with Gasteiger partial charge in [-0.05, 0) is 30.7 Å². The van der Waals surface area contributed by atoms with Crippen LogP contribution in [0.5, 0.6) is 0 Å². The maximum absolute atomic E-state index is 12.6. The number of rotatable bonds is 2. The summed E-state index contributed by atoms with van der Waals surface area (Å²) >= 11 is 3.39. The zero-order valence-electron chi connectivity index (χ0n) is 11.5. The fraction of sp³-hybridized carbons (Fsp3) is 0.429. The molecule has 1 aliphatic heterocycles. The highest BCUT2D eigenvalue weighted by molar-refractivity contribution is 9.10. The third-order valence-corrected chi connectivity index (χ3v) is 3.69. The first kappa shape index (κ1) is 15.0. The molecular weight excluding hydrogens is 324 g/mol. The van der Waals surface area contributed by atoms with E-state index in [1.165, 1.54) is 0 Å². The number of halogens is 1. The van der Waals surface area contributed by atoms with Gasteiger partial charge in [0.25, 0.3) is 5.91 Å². The number of aryl methyl sites for hydroxylation is 1. The van der Waals surface area contributed by atoms with Gasteiger partial charge in [-0.2, -0.15) is 0 Å². The molecule has 0 bridgehead atoms. The van der Waals surface area contributed by atoms with Crippen molar-refractivity contribution in [1.82, 2.24) is 10.2 Å². The van der Waals surface area contributed by atoms with Crippen LogP contribution in [0.3, 0.4) is 0 Å². The van der Waals surface area contributed by atoms with Crippen LogP contribution in [0.2, 0.25) is 0 Å². The summed E-state index contributed by atoms with van der Waals surface area (Å²) in [5.41, 5.74) is 1.57. The second kappa shape index (κ2) is 6.37. The lowest BCUT2D eigenvalue weighted by molar-refractivity contribution is -0.130. The third kappa shape index (κ3) is 3.19. The van der Waals surface area contributed by atoms with Crippen molar-refractivity contribution < 1.29 is 14.3 Å². The van der Waals surface area contributed by atoms with E-state index in [-0.39, 0.29) is 18.4 Å². The molecule has 1 aromatic carbocycles. The molecule has 1 unspecified atom stereocenters. The molecule has 108 valence electrons. The lowest BCUT2D eigenvalue weighted by Crippen LogP contribution is -2.55. The monoisotopic (exact) mass is 340 g/mol. The SMILES string of the molecule is CNC(=O)C1COCCN1C(=O)c1cc(C)cc(Br)c1. The Morgan fingerprint density at radius 1 is 1.40 bits per heavy atom. The van der Waals surface area contributed by atoms with E-state index < -0.39 is 6.04 Å². The molecule has 5 nitrogen and oxygen atoms in total. The minimum absolute atomic E-state index is 0.147. The molecule has 6 heteroatoms. The van der Waals surface area contributed by atoms with E-state index in [0.29, 0.717) is 18.7 Å². The summed E-state index contributed by atoms with van der Waals surface area (Å²) < 4.78 is 6.16. The van der Waals surface area contributed by atoms with Crippen LogP contribution in [-0.2, 0) is 9.53 Å². The van der Waals surface area contributed by atoms with Gasteiger partial charge in [-0.1, -0.05) is 15.9 Å². The first-order chi connectivity index (χ1) is 9.52. The van der Waals surface area contributed by atoms with Gasteiger partial charge in [0.15, 0.2) is 0 Å². The molecule has 1 atom stereocenters. The van der Waals surface area contributed by atoms with E-state index in [1.54, 1.807) is 18.0 Å². The molecule has 1 heterocycles. The molecule has 2 rings (SSSR count). The van der Waals surface area contributed by atoms with Crippen molar-refractivity contribution in [2.75, 3.05) is 26.8 Å². The Kier molecular flexibility index (Phi) is 4.77. The molecule has 0 saturated carbocycles. The number of ether oxygens (including phenoxy) is 1. The van der Waals surface area contributed by atoms with Crippen LogP contribution < -0.4 is 5.32 Å². The summed E-state index contributed by atoms with van der Waals surface area (Å²) in [6.45, 7) is 3.03. The molecule has 1 aliphatic rings. The van der Waals surface area contributed by atoms with E-state index in [1.807, 2.05) is 19.1 Å². The fourth-order valence-electron chi connectivity index (χ4n) is 2.26. The largest absolute Gasteiger partial charge is 0.377 e. The molecule has 2 amide bonds. The average Bonchev–Trinajstić information content (AvgIpc) is 2.44. The average molecular weight is 341 g/mol. The zero-order chi connectivity index (χ0) is 14.7. The number of carbonyl (C=O) groups is 2. The van der Waals surface area contributed by atoms with E-state index in [9.17, 15) is 9.59 Å². The van der Waals surface area contributed by atoms with Gasteiger partial charge in [0.05, 0.1) is 13.2 Å². The van der Waals surface area contributed by atoms with Crippen LogP contribution in [-0.4, -0.2) is 49.6 Å². The number of amides is 2. The van der Waals surface area contributed by atoms with Gasteiger partial charge in [0, 0.05) is 23.6 Å². The predicted molar refractivity (Wildman–Crippen MR) is 78.6 cm³/mol.